The molecule has 0 bridgehead atoms. The minimum absolute atomic E-state index is 0.110. The molecule has 0 saturated carbocycles. The van der Waals surface area contributed by atoms with Crippen molar-refractivity contribution in [3.8, 4) is 0 Å². The van der Waals surface area contributed by atoms with Crippen molar-refractivity contribution in [1.29, 1.82) is 0 Å². The van der Waals surface area contributed by atoms with Gasteiger partial charge in [0.25, 0.3) is 5.91 Å². The van der Waals surface area contributed by atoms with Crippen LogP contribution in [-0.2, 0) is 14.4 Å². The van der Waals surface area contributed by atoms with Crippen LogP contribution in [0.2, 0.25) is 0 Å². The van der Waals surface area contributed by atoms with Crippen molar-refractivity contribution in [2.75, 3.05) is 5.32 Å². The fraction of sp³-hybridized carbons (Fsp3) is 0.375. The van der Waals surface area contributed by atoms with E-state index in [4.69, 9.17) is 0 Å². The van der Waals surface area contributed by atoms with Crippen molar-refractivity contribution < 1.29 is 14.4 Å². The maximum absolute atomic E-state index is 13.4. The second-order valence-electron chi connectivity index (χ2n) is 8.93. The largest absolute Gasteiger partial charge is 0.380 e. The lowest BCUT2D eigenvalue weighted by molar-refractivity contribution is -0.144. The molecule has 4 rings (SSSR count). The fourth-order valence-corrected chi connectivity index (χ4v) is 5.68. The predicted molar refractivity (Wildman–Crippen MR) is 120 cm³/mol. The van der Waals surface area contributed by atoms with E-state index in [2.05, 4.69) is 22.8 Å². The van der Waals surface area contributed by atoms with Gasteiger partial charge >= 0.3 is 0 Å². The zero-order chi connectivity index (χ0) is 21.6. The first-order valence-corrected chi connectivity index (χ1v) is 11.0. The zero-order valence-corrected chi connectivity index (χ0v) is 18.4. The Kier molecular flexibility index (Phi) is 5.22. The van der Waals surface area contributed by atoms with E-state index in [0.717, 1.165) is 16.8 Å². The fourth-order valence-electron chi connectivity index (χ4n) is 4.43. The summed E-state index contributed by atoms with van der Waals surface area (Å²) < 4.78 is 0. The summed E-state index contributed by atoms with van der Waals surface area (Å²) in [6.07, 6.45) is 8.67. The van der Waals surface area contributed by atoms with Gasteiger partial charge in [-0.15, -0.1) is 11.8 Å². The third-order valence-electron chi connectivity index (χ3n) is 5.97. The Morgan fingerprint density at radius 1 is 1.17 bits per heavy atom. The summed E-state index contributed by atoms with van der Waals surface area (Å²) in [6.45, 7) is 7.62. The van der Waals surface area contributed by atoms with Crippen molar-refractivity contribution >= 4 is 34.9 Å². The van der Waals surface area contributed by atoms with Crippen LogP contribution in [0, 0.1) is 25.2 Å². The van der Waals surface area contributed by atoms with Gasteiger partial charge in [0.15, 0.2) is 5.78 Å². The lowest BCUT2D eigenvalue weighted by Gasteiger charge is -2.43. The van der Waals surface area contributed by atoms with Gasteiger partial charge in [-0.3, -0.25) is 14.4 Å². The number of benzene rings is 1. The summed E-state index contributed by atoms with van der Waals surface area (Å²) in [4.78, 5) is 39.9. The minimum atomic E-state index is -0.990. The third-order valence-corrected chi connectivity index (χ3v) is 7.37. The molecule has 0 fully saturated rings. The van der Waals surface area contributed by atoms with E-state index < -0.39 is 23.0 Å². The van der Waals surface area contributed by atoms with Gasteiger partial charge in [-0.1, -0.05) is 55.8 Å². The number of allylic oxidation sites excluding steroid dienone is 4. The van der Waals surface area contributed by atoms with Gasteiger partial charge in [-0.2, -0.15) is 0 Å². The van der Waals surface area contributed by atoms with Gasteiger partial charge < -0.3 is 10.6 Å². The van der Waals surface area contributed by atoms with E-state index in [1.807, 2.05) is 52.0 Å². The maximum Gasteiger partial charge on any atom is 0.292 e. The van der Waals surface area contributed by atoms with Crippen LogP contribution in [-0.4, -0.2) is 28.8 Å². The van der Waals surface area contributed by atoms with Crippen LogP contribution in [0.3, 0.4) is 0 Å². The van der Waals surface area contributed by atoms with Crippen LogP contribution in [0.4, 0.5) is 5.69 Å². The SMILES string of the molecule is Cc1ccc(NC(=O)C(=O)[C@@H]2C(=O)C3=C(CC2(C)C)N[C@@H]2C=CC=C[C@@H]2S3)c(C)c1. The quantitative estimate of drug-likeness (QED) is 0.572. The molecule has 1 aliphatic heterocycles. The van der Waals surface area contributed by atoms with Crippen molar-refractivity contribution in [2.45, 2.75) is 45.4 Å². The summed E-state index contributed by atoms with van der Waals surface area (Å²) in [5.41, 5.74) is 2.78. The third kappa shape index (κ3) is 3.65. The summed E-state index contributed by atoms with van der Waals surface area (Å²) in [5, 5.41) is 6.29. The van der Waals surface area contributed by atoms with Crippen molar-refractivity contribution in [3.63, 3.8) is 0 Å². The number of nitrogens with one attached hydrogen (secondary N) is 2. The maximum atomic E-state index is 13.4. The van der Waals surface area contributed by atoms with E-state index in [0.29, 0.717) is 17.0 Å². The normalized spacial score (nSPS) is 26.5. The Hall–Kier alpha value is -2.60. The highest BCUT2D eigenvalue weighted by Crippen LogP contribution is 2.48. The molecular formula is C24H26N2O3S. The van der Waals surface area contributed by atoms with Crippen LogP contribution in [0.25, 0.3) is 0 Å². The number of hydrogen-bond acceptors (Lipinski definition) is 5. The van der Waals surface area contributed by atoms with Crippen LogP contribution in [0.5, 0.6) is 0 Å². The molecule has 6 heteroatoms. The summed E-state index contributed by atoms with van der Waals surface area (Å²) >= 11 is 1.49. The molecule has 5 nitrogen and oxygen atoms in total. The molecule has 0 saturated heterocycles. The topological polar surface area (TPSA) is 75.3 Å². The molecule has 30 heavy (non-hydrogen) atoms. The monoisotopic (exact) mass is 422 g/mol. The van der Waals surface area contributed by atoms with Crippen LogP contribution in [0.15, 0.2) is 53.1 Å². The second-order valence-corrected chi connectivity index (χ2v) is 10.1. The number of amides is 1. The van der Waals surface area contributed by atoms with Crippen LogP contribution >= 0.6 is 11.8 Å². The molecule has 2 N–H and O–H groups in total. The number of carbonyl (C=O) groups excluding carboxylic acids is 3. The minimum Gasteiger partial charge on any atom is -0.380 e. The lowest BCUT2D eigenvalue weighted by atomic mass is 9.67. The number of rotatable bonds is 3. The molecule has 0 unspecified atom stereocenters. The first kappa shape index (κ1) is 20.7. The summed E-state index contributed by atoms with van der Waals surface area (Å²) in [7, 11) is 0. The average Bonchev–Trinajstić information content (AvgIpc) is 2.68. The number of fused-ring (bicyclic) bond motifs is 1. The average molecular weight is 423 g/mol. The molecular weight excluding hydrogens is 396 g/mol. The highest BCUT2D eigenvalue weighted by molar-refractivity contribution is 8.04. The summed E-state index contributed by atoms with van der Waals surface area (Å²) in [6, 6.07) is 5.75. The van der Waals surface area contributed by atoms with Gasteiger partial charge in [0.2, 0.25) is 5.78 Å². The van der Waals surface area contributed by atoms with Gasteiger partial charge in [0.1, 0.15) is 0 Å². The lowest BCUT2D eigenvalue weighted by Crippen LogP contribution is -2.51. The van der Waals surface area contributed by atoms with Gasteiger partial charge in [0.05, 0.1) is 22.1 Å². The number of hydrogen-bond donors (Lipinski definition) is 2. The van der Waals surface area contributed by atoms with Crippen LogP contribution < -0.4 is 10.6 Å². The molecule has 3 atom stereocenters. The number of anilines is 1. The molecule has 0 radical (unpaired) electrons. The smallest absolute Gasteiger partial charge is 0.292 e. The van der Waals surface area contributed by atoms with E-state index in [9.17, 15) is 14.4 Å². The van der Waals surface area contributed by atoms with E-state index in [-0.39, 0.29) is 17.1 Å². The van der Waals surface area contributed by atoms with Gasteiger partial charge in [-0.25, -0.2) is 0 Å². The highest BCUT2D eigenvalue weighted by atomic mass is 32.2. The first-order valence-electron chi connectivity index (χ1n) is 10.2. The number of Topliss-reactive ketones (excluding diaryl/α,β-unsaturated/α-hetero) is 2. The standard InChI is InChI=1S/C24H26N2O3S/c1-13-9-10-15(14(2)11-13)26-23(29)21(28)19-20(27)22-17(12-24(19,3)4)25-16-7-5-6-8-18(16)30-22/h5-11,16,18-19,25H,12H2,1-4H3,(H,26,29)/t16-,18+,19+/m1/s1. The van der Waals surface area contributed by atoms with Crippen LogP contribution in [0.1, 0.15) is 31.4 Å². The van der Waals surface area contributed by atoms with E-state index in [1.54, 1.807) is 6.07 Å². The molecule has 1 aromatic rings. The number of thioether (sulfide) groups is 1. The van der Waals surface area contributed by atoms with Crippen molar-refractivity contribution in [3.05, 3.63) is 64.2 Å². The van der Waals surface area contributed by atoms with E-state index in [1.165, 1.54) is 11.8 Å². The number of carbonyl (C=O) groups is 3. The first-order chi connectivity index (χ1) is 14.2. The number of aryl methyl sites for hydroxylation is 2. The van der Waals surface area contributed by atoms with Gasteiger partial charge in [0, 0.05) is 11.4 Å². The zero-order valence-electron chi connectivity index (χ0n) is 17.6. The molecule has 156 valence electrons. The molecule has 1 heterocycles. The van der Waals surface area contributed by atoms with Gasteiger partial charge in [-0.05, 0) is 37.3 Å². The molecule has 0 aromatic heterocycles. The molecule has 2 aliphatic carbocycles. The Morgan fingerprint density at radius 3 is 2.63 bits per heavy atom. The highest BCUT2D eigenvalue weighted by Gasteiger charge is 2.50. The molecule has 3 aliphatic rings. The Balaban J connectivity index is 1.59. The second kappa shape index (κ2) is 7.58. The Bertz CT molecular complexity index is 1030. The number of ketones is 2. The predicted octanol–water partition coefficient (Wildman–Crippen LogP) is 3.84. The Labute approximate surface area is 181 Å². The summed E-state index contributed by atoms with van der Waals surface area (Å²) in [5.74, 6) is -2.64. The molecule has 0 spiro atoms. The molecule has 1 amide bonds. The molecule has 1 aromatic carbocycles. The van der Waals surface area contributed by atoms with E-state index >= 15 is 0 Å². The Morgan fingerprint density at radius 2 is 1.90 bits per heavy atom. The van der Waals surface area contributed by atoms with Crippen molar-refractivity contribution in [2.24, 2.45) is 11.3 Å². The van der Waals surface area contributed by atoms with Crippen molar-refractivity contribution in [1.82, 2.24) is 5.32 Å².